The Balaban J connectivity index is 1.29. The van der Waals surface area contributed by atoms with Gasteiger partial charge in [-0.2, -0.15) is 0 Å². The Labute approximate surface area is 198 Å². The second-order valence-electron chi connectivity index (χ2n) is 11.1. The highest BCUT2D eigenvalue weighted by Crippen LogP contribution is 2.60. The second kappa shape index (κ2) is 7.73. The first-order chi connectivity index (χ1) is 15.8. The monoisotopic (exact) mass is 474 g/mol. The van der Waals surface area contributed by atoms with Gasteiger partial charge in [0, 0.05) is 18.8 Å². The van der Waals surface area contributed by atoms with Gasteiger partial charge in [0.1, 0.15) is 5.82 Å². The normalized spacial score (nSPS) is 39.0. The molecule has 5 aliphatic carbocycles. The van der Waals surface area contributed by atoms with Gasteiger partial charge >= 0.3 is 6.09 Å². The molecule has 7 rings (SSSR count). The Morgan fingerprint density at radius 1 is 1.15 bits per heavy atom. The maximum atomic E-state index is 12.9. The number of likely N-dealkylation sites (tertiary alicyclic amines) is 1. The van der Waals surface area contributed by atoms with Crippen LogP contribution in [0.3, 0.4) is 0 Å². The molecule has 1 aromatic rings. The number of halogens is 1. The van der Waals surface area contributed by atoms with Crippen molar-refractivity contribution in [3.63, 3.8) is 0 Å². The van der Waals surface area contributed by atoms with Crippen LogP contribution in [0.4, 0.5) is 10.6 Å². The second-order valence-corrected chi connectivity index (χ2v) is 11.5. The van der Waals surface area contributed by atoms with Crippen LogP contribution in [0.1, 0.15) is 61.7 Å². The van der Waals surface area contributed by atoms with E-state index in [1.807, 2.05) is 0 Å². The number of pyridine rings is 1. The molecule has 5 saturated carbocycles. The fraction of sp³-hybridized carbons (Fsp3) is 0.708. The van der Waals surface area contributed by atoms with E-state index >= 15 is 0 Å². The zero-order chi connectivity index (χ0) is 22.9. The van der Waals surface area contributed by atoms with Crippen molar-refractivity contribution in [2.75, 3.05) is 11.9 Å². The van der Waals surface area contributed by atoms with Crippen molar-refractivity contribution in [1.82, 2.24) is 15.2 Å². The summed E-state index contributed by atoms with van der Waals surface area (Å²) >= 11 is 6.16. The summed E-state index contributed by atoms with van der Waals surface area (Å²) in [5.41, 5.74) is -0.157. The first-order valence-electron chi connectivity index (χ1n) is 12.2. The van der Waals surface area contributed by atoms with E-state index in [4.69, 9.17) is 11.6 Å². The molecule has 4 unspecified atom stereocenters. The van der Waals surface area contributed by atoms with Crippen LogP contribution in [-0.2, 0) is 0 Å². The number of nitrogens with zero attached hydrogens (tertiary/aromatic N) is 2. The molecule has 6 fully saturated rings. The number of hydrogen-bond donors (Lipinski definition) is 4. The molecule has 1 saturated heterocycles. The molecule has 0 radical (unpaired) electrons. The summed E-state index contributed by atoms with van der Waals surface area (Å²) in [6.07, 6.45) is 7.86. The largest absolute Gasteiger partial charge is 0.465 e. The minimum atomic E-state index is -0.896. The van der Waals surface area contributed by atoms with Gasteiger partial charge in [0.15, 0.2) is 0 Å². The Morgan fingerprint density at radius 2 is 1.88 bits per heavy atom. The highest BCUT2D eigenvalue weighted by molar-refractivity contribution is 6.31. The van der Waals surface area contributed by atoms with Crippen LogP contribution < -0.4 is 10.6 Å². The number of amides is 2. The van der Waals surface area contributed by atoms with E-state index in [-0.39, 0.29) is 30.0 Å². The zero-order valence-electron chi connectivity index (χ0n) is 18.5. The average molecular weight is 475 g/mol. The number of carbonyl (C=O) groups excluding carboxylic acids is 1. The third kappa shape index (κ3) is 3.85. The van der Waals surface area contributed by atoms with Gasteiger partial charge in [0.25, 0.3) is 5.91 Å². The summed E-state index contributed by atoms with van der Waals surface area (Å²) in [4.78, 5) is 31.1. The summed E-state index contributed by atoms with van der Waals surface area (Å²) in [6.45, 7) is 0.457. The average Bonchev–Trinajstić information content (AvgIpc) is 3.45. The first-order valence-corrected chi connectivity index (χ1v) is 12.6. The summed E-state index contributed by atoms with van der Waals surface area (Å²) < 4.78 is 0. The quantitative estimate of drug-likeness (QED) is 0.520. The van der Waals surface area contributed by atoms with E-state index in [9.17, 15) is 19.8 Å². The number of hydrogen-bond acceptors (Lipinski definition) is 5. The highest BCUT2D eigenvalue weighted by atomic mass is 35.5. The van der Waals surface area contributed by atoms with Crippen molar-refractivity contribution in [3.8, 4) is 0 Å². The molecule has 33 heavy (non-hydrogen) atoms. The van der Waals surface area contributed by atoms with Gasteiger partial charge in [-0.1, -0.05) is 11.6 Å². The molecule has 8 nitrogen and oxygen atoms in total. The fourth-order valence-electron chi connectivity index (χ4n) is 7.64. The van der Waals surface area contributed by atoms with Crippen LogP contribution in [0.5, 0.6) is 0 Å². The Kier molecular flexibility index (Phi) is 5.03. The molecular weight excluding hydrogens is 444 g/mol. The number of rotatable bonds is 5. The van der Waals surface area contributed by atoms with Gasteiger partial charge in [0.2, 0.25) is 0 Å². The topological polar surface area (TPSA) is 115 Å². The number of nitrogens with one attached hydrogen (secondary N) is 2. The third-order valence-corrected chi connectivity index (χ3v) is 8.95. The molecule has 4 bridgehead atoms. The zero-order valence-corrected chi connectivity index (χ0v) is 19.3. The molecule has 0 spiro atoms. The van der Waals surface area contributed by atoms with Crippen LogP contribution in [0.2, 0.25) is 5.02 Å². The van der Waals surface area contributed by atoms with Gasteiger partial charge in [-0.25, -0.2) is 9.78 Å². The standard InChI is InChI=1S/C24H31ClN4O4/c25-15-7-17(22(30)27-16-1-2-16)21(26-11-15)28-18-3-4-29(23(31)32)20(18)19-13-5-12-6-14(19)10-24(33,8-12)9-13/h7,11-14,16,18-20,33H,1-6,8-10H2,(H,26,28)(H,27,30)(H,31,32)/t12?,13-,14?,18?,19?,20-,24-/m0/s1. The van der Waals surface area contributed by atoms with E-state index in [0.29, 0.717) is 47.1 Å². The van der Waals surface area contributed by atoms with Crippen molar-refractivity contribution < 1.29 is 19.8 Å². The minimum absolute atomic E-state index is 0.139. The molecule has 4 N–H and O–H groups in total. The predicted molar refractivity (Wildman–Crippen MR) is 122 cm³/mol. The number of anilines is 1. The molecule has 6 aliphatic rings. The molecule has 2 amide bonds. The van der Waals surface area contributed by atoms with Gasteiger partial charge in [-0.15, -0.1) is 0 Å². The van der Waals surface area contributed by atoms with Crippen LogP contribution in [0.25, 0.3) is 0 Å². The summed E-state index contributed by atoms with van der Waals surface area (Å²) in [5, 5.41) is 27.9. The van der Waals surface area contributed by atoms with Crippen molar-refractivity contribution in [1.29, 1.82) is 0 Å². The lowest BCUT2D eigenvalue weighted by molar-refractivity contribution is -0.162. The minimum Gasteiger partial charge on any atom is -0.465 e. The van der Waals surface area contributed by atoms with E-state index in [1.54, 1.807) is 11.0 Å². The molecule has 1 aromatic heterocycles. The predicted octanol–water partition coefficient (Wildman–Crippen LogP) is 3.35. The lowest BCUT2D eigenvalue weighted by Gasteiger charge is -2.60. The van der Waals surface area contributed by atoms with Crippen molar-refractivity contribution in [2.45, 2.75) is 75.1 Å². The molecule has 7 atom stereocenters. The Bertz CT molecular complexity index is 969. The molecular formula is C24H31ClN4O4. The summed E-state index contributed by atoms with van der Waals surface area (Å²) in [7, 11) is 0. The lowest BCUT2D eigenvalue weighted by atomic mass is 9.48. The third-order valence-electron chi connectivity index (χ3n) is 8.74. The van der Waals surface area contributed by atoms with E-state index in [2.05, 4.69) is 15.6 Å². The fourth-order valence-corrected chi connectivity index (χ4v) is 7.80. The van der Waals surface area contributed by atoms with Gasteiger partial charge in [0.05, 0.1) is 28.3 Å². The van der Waals surface area contributed by atoms with E-state index in [0.717, 1.165) is 44.9 Å². The van der Waals surface area contributed by atoms with Gasteiger partial charge in [-0.05, 0) is 81.1 Å². The Morgan fingerprint density at radius 3 is 2.52 bits per heavy atom. The summed E-state index contributed by atoms with van der Waals surface area (Å²) in [5.74, 6) is 1.72. The van der Waals surface area contributed by atoms with E-state index in [1.165, 1.54) is 6.20 Å². The maximum Gasteiger partial charge on any atom is 0.407 e. The molecule has 2 heterocycles. The van der Waals surface area contributed by atoms with Gasteiger partial charge in [-0.3, -0.25) is 4.79 Å². The van der Waals surface area contributed by atoms with Crippen molar-refractivity contribution >= 4 is 29.4 Å². The smallest absolute Gasteiger partial charge is 0.407 e. The number of carbonyl (C=O) groups is 2. The molecule has 1 aliphatic heterocycles. The maximum absolute atomic E-state index is 12.9. The molecule has 9 heteroatoms. The van der Waals surface area contributed by atoms with Crippen molar-refractivity contribution in [3.05, 3.63) is 22.8 Å². The molecule has 0 aromatic carbocycles. The van der Waals surface area contributed by atoms with Gasteiger partial charge < -0.3 is 25.7 Å². The van der Waals surface area contributed by atoms with Crippen LogP contribution in [0.15, 0.2) is 12.3 Å². The summed E-state index contributed by atoms with van der Waals surface area (Å²) in [6, 6.07) is 1.51. The highest BCUT2D eigenvalue weighted by Gasteiger charge is 2.59. The van der Waals surface area contributed by atoms with E-state index < -0.39 is 11.7 Å². The van der Waals surface area contributed by atoms with Crippen LogP contribution >= 0.6 is 11.6 Å². The SMILES string of the molecule is O=C(NC1CC1)c1cc(Cl)cnc1NC1CCN(C(=O)O)[C@@H]1C1C2CC3C[C@H]1C[C@@](O)(C3)C2. The number of carboxylic acid groups (broad SMARTS) is 1. The number of aromatic nitrogens is 1. The Hall–Kier alpha value is -2.06. The van der Waals surface area contributed by atoms with Crippen LogP contribution in [0, 0.1) is 23.7 Å². The van der Waals surface area contributed by atoms with Crippen LogP contribution in [-0.4, -0.2) is 62.4 Å². The number of aliphatic hydroxyl groups is 1. The molecule has 178 valence electrons. The van der Waals surface area contributed by atoms with Crippen molar-refractivity contribution in [2.24, 2.45) is 23.7 Å². The first kappa shape index (κ1) is 21.5. The lowest BCUT2D eigenvalue weighted by Crippen LogP contribution is -2.61.